The molecule has 0 aliphatic heterocycles. The molecule has 0 fully saturated rings. The van der Waals surface area contributed by atoms with Gasteiger partial charge in [0.25, 0.3) is 0 Å². The summed E-state index contributed by atoms with van der Waals surface area (Å²) in [6.45, 7) is 0. The van der Waals surface area contributed by atoms with E-state index in [0.29, 0.717) is 5.46 Å². The largest absolute Gasteiger partial charge is 0.489 e. The lowest BCUT2D eigenvalue weighted by Crippen LogP contribution is -2.31. The van der Waals surface area contributed by atoms with Gasteiger partial charge in [0.1, 0.15) is 22.3 Å². The van der Waals surface area contributed by atoms with Crippen LogP contribution in [0.2, 0.25) is 0 Å². The second-order valence-corrected chi connectivity index (χ2v) is 23.8. The Hall–Kier alpha value is -10.9. The van der Waals surface area contributed by atoms with Crippen molar-refractivity contribution in [3.05, 3.63) is 320 Å². The number of halogens is 1. The van der Waals surface area contributed by atoms with E-state index in [1.807, 2.05) is 84.9 Å². The van der Waals surface area contributed by atoms with Gasteiger partial charge in [-0.15, -0.1) is 0 Å². The summed E-state index contributed by atoms with van der Waals surface area (Å²) in [5.74, 6) is 0. The summed E-state index contributed by atoms with van der Waals surface area (Å²) in [5.41, 5.74) is 16.3. The van der Waals surface area contributed by atoms with Gasteiger partial charge < -0.3 is 18.9 Å². The van der Waals surface area contributed by atoms with Gasteiger partial charge in [0.05, 0.1) is 0 Å². The van der Waals surface area contributed by atoms with Crippen LogP contribution in [-0.2, 0) is 0 Å². The average Bonchev–Trinajstić information content (AvgIpc) is 1.13. The molecule has 18 rings (SSSR count). The van der Waals surface area contributed by atoms with Crippen LogP contribution in [0.25, 0.3) is 164 Å². The van der Waals surface area contributed by atoms with Crippen molar-refractivity contribution >= 4 is 137 Å². The van der Waals surface area contributed by atoms with E-state index in [2.05, 4.69) is 246 Å². The highest BCUT2D eigenvalue weighted by molar-refractivity contribution is 9.10. The zero-order chi connectivity index (χ0) is 60.2. The van der Waals surface area contributed by atoms with Gasteiger partial charge in [-0.3, -0.25) is 0 Å². The molecular formula is C84H54BBrO4. The molecule has 2 aromatic heterocycles. The van der Waals surface area contributed by atoms with Crippen LogP contribution in [0.3, 0.4) is 0 Å². The molecule has 0 atom stereocenters. The van der Waals surface area contributed by atoms with Crippen LogP contribution in [0.4, 0.5) is 0 Å². The van der Waals surface area contributed by atoms with E-state index in [0.717, 1.165) is 75.6 Å². The molecule has 0 bridgehead atoms. The molecule has 0 saturated heterocycles. The van der Waals surface area contributed by atoms with Crippen molar-refractivity contribution in [3.8, 4) is 55.6 Å². The quantitative estimate of drug-likeness (QED) is 0.129. The van der Waals surface area contributed by atoms with Crippen molar-refractivity contribution < 1.29 is 18.9 Å². The van der Waals surface area contributed by atoms with Crippen LogP contribution in [-0.4, -0.2) is 17.2 Å². The highest BCUT2D eigenvalue weighted by Crippen LogP contribution is 2.46. The summed E-state index contributed by atoms with van der Waals surface area (Å²) in [4.78, 5) is 0. The van der Waals surface area contributed by atoms with Gasteiger partial charge in [-0.2, -0.15) is 0 Å². The zero-order valence-electron chi connectivity index (χ0n) is 48.7. The minimum Gasteiger partial charge on any atom is -0.456 e. The Morgan fingerprint density at radius 1 is 0.222 bits per heavy atom. The summed E-state index contributed by atoms with van der Waals surface area (Å²) in [6.07, 6.45) is 0. The number of rotatable bonds is 6. The van der Waals surface area contributed by atoms with Crippen molar-refractivity contribution in [2.45, 2.75) is 0 Å². The lowest BCUT2D eigenvalue weighted by molar-refractivity contribution is 0.426. The number of furan rings is 2. The van der Waals surface area contributed by atoms with Gasteiger partial charge in [0.15, 0.2) is 0 Å². The SMILES string of the molecule is Brc1ccc2oc3cc4ccccc4cc3c2c1.OB(O)c1c2ccccc2c(-c2ccc(-c3ccccc3)cc2)c2ccccc12.c1ccc(-c2ccc(-c3c4ccccc4c(-c4ccc5oc6cc7ccccc7cc6c5c4)c4ccccc34)cc2)cc1. The first-order valence-corrected chi connectivity index (χ1v) is 31.1. The van der Waals surface area contributed by atoms with Crippen molar-refractivity contribution in [1.29, 1.82) is 0 Å². The standard InChI is InChI=1S/C42H26O.C26H19BO2.C16H9BrO/c1-2-10-27(11-3-1)28-18-20-29(21-19-28)41-33-14-6-8-16-35(33)42(36-17-9-7-15-34(36)41)32-22-23-39-37(25-32)38-24-30-12-4-5-13-31(30)26-40(38)43-39;28-27(29)26-23-12-6-4-10-21(23)25(22-11-5-7-13-24(22)26)20-16-14-19(15-17-20)18-8-2-1-3-9-18;17-12-5-6-15-14(9-12)13-7-10-3-1-2-4-11(10)8-16(13)18-15/h1-26H;1-17,28-29H;1-9H. The van der Waals surface area contributed by atoms with E-state index in [-0.39, 0.29) is 0 Å². The van der Waals surface area contributed by atoms with Crippen LogP contribution >= 0.6 is 15.9 Å². The van der Waals surface area contributed by atoms with Gasteiger partial charge >= 0.3 is 7.12 Å². The van der Waals surface area contributed by atoms with Crippen molar-refractivity contribution in [3.63, 3.8) is 0 Å². The molecule has 18 aromatic rings. The molecule has 90 heavy (non-hydrogen) atoms. The topological polar surface area (TPSA) is 66.7 Å². The first-order chi connectivity index (χ1) is 44.4. The Morgan fingerprint density at radius 2 is 0.511 bits per heavy atom. The van der Waals surface area contributed by atoms with Crippen LogP contribution in [0.1, 0.15) is 0 Å². The molecule has 2 heterocycles. The maximum Gasteiger partial charge on any atom is 0.489 e. The molecule has 0 radical (unpaired) electrons. The monoisotopic (exact) mass is 1220 g/mol. The molecule has 0 unspecified atom stereocenters. The normalized spacial score (nSPS) is 11.5. The maximum atomic E-state index is 10.1. The Bertz CT molecular complexity index is 5640. The fourth-order valence-corrected chi connectivity index (χ4v) is 13.8. The molecule has 0 aliphatic rings. The van der Waals surface area contributed by atoms with E-state index >= 15 is 0 Å². The first kappa shape index (κ1) is 54.5. The van der Waals surface area contributed by atoms with Crippen molar-refractivity contribution in [1.82, 2.24) is 0 Å². The van der Waals surface area contributed by atoms with Crippen molar-refractivity contribution in [2.24, 2.45) is 0 Å². The van der Waals surface area contributed by atoms with Gasteiger partial charge in [-0.1, -0.05) is 277 Å². The number of fused-ring (bicyclic) bond motifs is 12. The molecular weight excluding hydrogens is 1160 g/mol. The van der Waals surface area contributed by atoms with Gasteiger partial charge in [0.2, 0.25) is 0 Å². The highest BCUT2D eigenvalue weighted by Gasteiger charge is 2.23. The Balaban J connectivity index is 0.000000118. The van der Waals surface area contributed by atoms with Gasteiger partial charge in [-0.25, -0.2) is 0 Å². The summed E-state index contributed by atoms with van der Waals surface area (Å²) >= 11 is 3.51. The first-order valence-electron chi connectivity index (χ1n) is 30.3. The minimum atomic E-state index is -1.53. The smallest absolute Gasteiger partial charge is 0.456 e. The molecule has 6 heteroatoms. The molecule has 0 amide bonds. The minimum absolute atomic E-state index is 0.556. The molecule has 16 aromatic carbocycles. The third kappa shape index (κ3) is 9.85. The van der Waals surface area contributed by atoms with Crippen LogP contribution in [0.5, 0.6) is 0 Å². The summed E-state index contributed by atoms with van der Waals surface area (Å²) in [5, 5.41) is 38.5. The Kier molecular flexibility index (Phi) is 13.9. The van der Waals surface area contributed by atoms with Gasteiger partial charge in [0, 0.05) is 26.0 Å². The molecule has 0 spiro atoms. The predicted molar refractivity (Wildman–Crippen MR) is 384 cm³/mol. The van der Waals surface area contributed by atoms with E-state index in [9.17, 15) is 10.0 Å². The van der Waals surface area contributed by atoms with E-state index < -0.39 is 7.12 Å². The van der Waals surface area contributed by atoms with Gasteiger partial charge in [-0.05, 0) is 180 Å². The number of hydrogen-bond acceptors (Lipinski definition) is 4. The second kappa shape index (κ2) is 23.0. The predicted octanol–water partition coefficient (Wildman–Crippen LogP) is 22.6. The summed E-state index contributed by atoms with van der Waals surface area (Å²) < 4.78 is 13.3. The van der Waals surface area contributed by atoms with Crippen LogP contribution < -0.4 is 5.46 Å². The second-order valence-electron chi connectivity index (χ2n) is 22.9. The van der Waals surface area contributed by atoms with E-state index in [1.165, 1.54) is 93.0 Å². The molecule has 4 nitrogen and oxygen atoms in total. The third-order valence-corrected chi connectivity index (χ3v) is 18.1. The molecule has 2 N–H and O–H groups in total. The fourth-order valence-electron chi connectivity index (χ4n) is 13.5. The highest BCUT2D eigenvalue weighted by atomic mass is 79.9. The van der Waals surface area contributed by atoms with E-state index in [4.69, 9.17) is 8.83 Å². The van der Waals surface area contributed by atoms with Crippen LogP contribution in [0.15, 0.2) is 329 Å². The maximum absolute atomic E-state index is 10.1. The fraction of sp³-hybridized carbons (Fsp3) is 0. The van der Waals surface area contributed by atoms with Crippen molar-refractivity contribution in [2.75, 3.05) is 0 Å². The lowest BCUT2D eigenvalue weighted by atomic mass is 9.72. The van der Waals surface area contributed by atoms with Crippen LogP contribution in [0, 0.1) is 0 Å². The Labute approximate surface area is 528 Å². The van der Waals surface area contributed by atoms with E-state index in [1.54, 1.807) is 0 Å². The summed E-state index contributed by atoms with van der Waals surface area (Å²) in [6, 6.07) is 110. The zero-order valence-corrected chi connectivity index (χ0v) is 50.3. The third-order valence-electron chi connectivity index (χ3n) is 17.7. The molecule has 424 valence electrons. The lowest BCUT2D eigenvalue weighted by Gasteiger charge is -2.18. The average molecular weight is 1220 g/mol. The summed E-state index contributed by atoms with van der Waals surface area (Å²) in [7, 11) is -1.53. The molecule has 0 saturated carbocycles. The number of benzene rings is 16. The number of hydrogen-bond donors (Lipinski definition) is 2. The molecule has 0 aliphatic carbocycles. The Morgan fingerprint density at radius 3 is 0.922 bits per heavy atom.